The molecule has 0 aliphatic heterocycles. The Morgan fingerprint density at radius 2 is 2.19 bits per heavy atom. The van der Waals surface area contributed by atoms with Gasteiger partial charge in [-0.15, -0.1) is 0 Å². The second-order valence-electron chi connectivity index (χ2n) is 3.85. The molecule has 0 atom stereocenters. The molecule has 86 valence electrons. The van der Waals surface area contributed by atoms with E-state index in [0.717, 1.165) is 17.3 Å². The lowest BCUT2D eigenvalue weighted by atomic mass is 9.93. The molecule has 0 heterocycles. The van der Waals surface area contributed by atoms with Crippen LogP contribution in [0.1, 0.15) is 19.3 Å². The molecule has 1 saturated carbocycles. The Labute approximate surface area is 108 Å². The third-order valence-electron chi connectivity index (χ3n) is 2.62. The van der Waals surface area contributed by atoms with Gasteiger partial charge >= 0.3 is 6.03 Å². The minimum absolute atomic E-state index is 0.190. The maximum Gasteiger partial charge on any atom is 0.319 e. The number of hydrogen-bond acceptors (Lipinski definition) is 1. The van der Waals surface area contributed by atoms with Crippen LogP contribution in [0.2, 0.25) is 5.02 Å². The summed E-state index contributed by atoms with van der Waals surface area (Å²) in [6, 6.07) is 5.49. The molecule has 2 rings (SSSR count). The molecule has 0 spiro atoms. The Morgan fingerprint density at radius 3 is 2.81 bits per heavy atom. The van der Waals surface area contributed by atoms with E-state index < -0.39 is 0 Å². The predicted octanol–water partition coefficient (Wildman–Crippen LogP) is 3.78. The van der Waals surface area contributed by atoms with Crippen molar-refractivity contribution in [1.29, 1.82) is 0 Å². The summed E-state index contributed by atoms with van der Waals surface area (Å²) in [6.45, 7) is 0. The summed E-state index contributed by atoms with van der Waals surface area (Å²) < 4.78 is 0.885. The van der Waals surface area contributed by atoms with Gasteiger partial charge in [-0.2, -0.15) is 0 Å². The van der Waals surface area contributed by atoms with Gasteiger partial charge in [0.25, 0.3) is 0 Å². The molecule has 5 heteroatoms. The van der Waals surface area contributed by atoms with Gasteiger partial charge in [0.05, 0.1) is 10.7 Å². The number of urea groups is 1. The zero-order valence-electron chi connectivity index (χ0n) is 8.59. The van der Waals surface area contributed by atoms with Crippen LogP contribution in [-0.4, -0.2) is 12.1 Å². The second kappa shape index (κ2) is 5.06. The minimum Gasteiger partial charge on any atom is -0.335 e. The molecule has 3 nitrogen and oxygen atoms in total. The zero-order chi connectivity index (χ0) is 11.5. The lowest BCUT2D eigenvalue weighted by Crippen LogP contribution is -2.41. The van der Waals surface area contributed by atoms with Gasteiger partial charge in [0.15, 0.2) is 0 Å². The first-order chi connectivity index (χ1) is 7.65. The fraction of sp³-hybridized carbons (Fsp3) is 0.364. The van der Waals surface area contributed by atoms with Crippen LogP contribution in [0.3, 0.4) is 0 Å². The normalized spacial score (nSPS) is 15.4. The van der Waals surface area contributed by atoms with E-state index in [1.807, 2.05) is 6.07 Å². The summed E-state index contributed by atoms with van der Waals surface area (Å²) >= 11 is 9.29. The Kier molecular flexibility index (Phi) is 3.71. The summed E-state index contributed by atoms with van der Waals surface area (Å²) in [4.78, 5) is 11.6. The van der Waals surface area contributed by atoms with Gasteiger partial charge in [0.1, 0.15) is 0 Å². The quantitative estimate of drug-likeness (QED) is 0.858. The van der Waals surface area contributed by atoms with Crippen molar-refractivity contribution < 1.29 is 4.79 Å². The highest BCUT2D eigenvalue weighted by Crippen LogP contribution is 2.26. The van der Waals surface area contributed by atoms with Crippen molar-refractivity contribution in [3.63, 3.8) is 0 Å². The fourth-order valence-corrected chi connectivity index (χ4v) is 2.02. The summed E-state index contributed by atoms with van der Waals surface area (Å²) in [7, 11) is 0. The standard InChI is InChI=1S/C11H12BrClN2O/c12-7-4-5-9(13)10(6-7)15-11(16)14-8-2-1-3-8/h4-6,8H,1-3H2,(H2,14,15,16). The molecule has 1 aliphatic carbocycles. The predicted molar refractivity (Wildman–Crippen MR) is 68.9 cm³/mol. The highest BCUT2D eigenvalue weighted by molar-refractivity contribution is 9.10. The summed E-state index contributed by atoms with van der Waals surface area (Å²) in [5, 5.41) is 6.16. The van der Waals surface area contributed by atoms with E-state index >= 15 is 0 Å². The number of carbonyl (C=O) groups excluding carboxylic acids is 1. The average molecular weight is 304 g/mol. The van der Waals surface area contributed by atoms with E-state index in [4.69, 9.17) is 11.6 Å². The molecule has 0 bridgehead atoms. The SMILES string of the molecule is O=C(Nc1cc(Br)ccc1Cl)NC1CCC1. The van der Waals surface area contributed by atoms with Crippen molar-refractivity contribution >= 4 is 39.2 Å². The number of nitrogens with one attached hydrogen (secondary N) is 2. The Bertz CT molecular complexity index is 407. The van der Waals surface area contributed by atoms with Crippen LogP contribution in [-0.2, 0) is 0 Å². The van der Waals surface area contributed by atoms with Crippen LogP contribution in [0.4, 0.5) is 10.5 Å². The van der Waals surface area contributed by atoms with Crippen molar-refractivity contribution in [3.05, 3.63) is 27.7 Å². The van der Waals surface area contributed by atoms with E-state index in [-0.39, 0.29) is 6.03 Å². The van der Waals surface area contributed by atoms with E-state index in [0.29, 0.717) is 16.8 Å². The van der Waals surface area contributed by atoms with Gasteiger partial charge in [-0.3, -0.25) is 0 Å². The first-order valence-electron chi connectivity index (χ1n) is 5.18. The molecule has 16 heavy (non-hydrogen) atoms. The topological polar surface area (TPSA) is 41.1 Å². The average Bonchev–Trinajstić information content (AvgIpc) is 2.18. The molecule has 0 unspecified atom stereocenters. The van der Waals surface area contributed by atoms with E-state index in [1.165, 1.54) is 6.42 Å². The van der Waals surface area contributed by atoms with Crippen molar-refractivity contribution in [2.24, 2.45) is 0 Å². The third kappa shape index (κ3) is 2.89. The molecule has 1 fully saturated rings. The van der Waals surface area contributed by atoms with Crippen LogP contribution in [0.15, 0.2) is 22.7 Å². The smallest absolute Gasteiger partial charge is 0.319 e. The van der Waals surface area contributed by atoms with Gasteiger partial charge in [-0.1, -0.05) is 27.5 Å². The van der Waals surface area contributed by atoms with Gasteiger partial charge in [-0.25, -0.2) is 4.79 Å². The fourth-order valence-electron chi connectivity index (χ4n) is 1.49. The molecular formula is C11H12BrClN2O. The van der Waals surface area contributed by atoms with Crippen molar-refractivity contribution in [2.45, 2.75) is 25.3 Å². The number of halogens is 2. The minimum atomic E-state index is -0.190. The highest BCUT2D eigenvalue weighted by atomic mass is 79.9. The lowest BCUT2D eigenvalue weighted by Gasteiger charge is -2.26. The summed E-state index contributed by atoms with van der Waals surface area (Å²) in [5.41, 5.74) is 0.618. The number of hydrogen-bond donors (Lipinski definition) is 2. The summed E-state index contributed by atoms with van der Waals surface area (Å²) in [5.74, 6) is 0. The number of benzene rings is 1. The molecule has 1 aromatic carbocycles. The van der Waals surface area contributed by atoms with Crippen molar-refractivity contribution in [2.75, 3.05) is 5.32 Å². The molecule has 2 N–H and O–H groups in total. The van der Waals surface area contributed by atoms with Gasteiger partial charge in [0, 0.05) is 10.5 Å². The molecule has 0 aromatic heterocycles. The van der Waals surface area contributed by atoms with E-state index in [2.05, 4.69) is 26.6 Å². The van der Waals surface area contributed by atoms with Crippen LogP contribution in [0, 0.1) is 0 Å². The first-order valence-corrected chi connectivity index (χ1v) is 6.35. The number of anilines is 1. The Morgan fingerprint density at radius 1 is 1.44 bits per heavy atom. The van der Waals surface area contributed by atoms with E-state index in [9.17, 15) is 4.79 Å². The van der Waals surface area contributed by atoms with Gasteiger partial charge in [-0.05, 0) is 37.5 Å². The summed E-state index contributed by atoms with van der Waals surface area (Å²) in [6.07, 6.45) is 3.34. The molecule has 1 aliphatic rings. The van der Waals surface area contributed by atoms with Crippen LogP contribution in [0.25, 0.3) is 0 Å². The highest BCUT2D eigenvalue weighted by Gasteiger charge is 2.19. The van der Waals surface area contributed by atoms with Crippen LogP contribution in [0.5, 0.6) is 0 Å². The first kappa shape index (κ1) is 11.7. The Balaban J connectivity index is 1.96. The van der Waals surface area contributed by atoms with Crippen molar-refractivity contribution in [1.82, 2.24) is 5.32 Å². The number of carbonyl (C=O) groups is 1. The molecule has 0 saturated heterocycles. The van der Waals surface area contributed by atoms with Crippen molar-refractivity contribution in [3.8, 4) is 0 Å². The molecule has 0 radical (unpaired) electrons. The lowest BCUT2D eigenvalue weighted by molar-refractivity contribution is 0.240. The van der Waals surface area contributed by atoms with Crippen LogP contribution < -0.4 is 10.6 Å². The molecule has 1 aromatic rings. The van der Waals surface area contributed by atoms with E-state index in [1.54, 1.807) is 12.1 Å². The number of amides is 2. The third-order valence-corrected chi connectivity index (χ3v) is 3.44. The second-order valence-corrected chi connectivity index (χ2v) is 5.17. The molecule has 2 amide bonds. The van der Waals surface area contributed by atoms with Gasteiger partial charge in [0.2, 0.25) is 0 Å². The number of rotatable bonds is 2. The van der Waals surface area contributed by atoms with Crippen LogP contribution >= 0.6 is 27.5 Å². The monoisotopic (exact) mass is 302 g/mol. The maximum absolute atomic E-state index is 11.6. The zero-order valence-corrected chi connectivity index (χ0v) is 10.9. The van der Waals surface area contributed by atoms with Gasteiger partial charge < -0.3 is 10.6 Å². The Hall–Kier alpha value is -0.740. The largest absolute Gasteiger partial charge is 0.335 e. The maximum atomic E-state index is 11.6. The molecular weight excluding hydrogens is 291 g/mol.